The molecule has 4 N–H and O–H groups in total. The molecule has 1 atom stereocenters. The van der Waals surface area contributed by atoms with Crippen molar-refractivity contribution in [1.82, 2.24) is 0 Å². The Morgan fingerprint density at radius 1 is 1.32 bits per heavy atom. The molecule has 5 nitrogen and oxygen atoms in total. The number of carbonyl (C=O) groups excluding carboxylic acids is 1. The van der Waals surface area contributed by atoms with Crippen LogP contribution < -0.4 is 20.9 Å². The number of unbranched alkanes of at least 4 members (excludes halogenated alkanes) is 1. The molecule has 0 fully saturated rings. The lowest BCUT2D eigenvalue weighted by molar-refractivity contribution is -0.122. The fourth-order valence-electron chi connectivity index (χ4n) is 1.60. The van der Waals surface area contributed by atoms with Crippen molar-refractivity contribution in [3.8, 4) is 11.5 Å². The van der Waals surface area contributed by atoms with Crippen molar-refractivity contribution >= 4 is 5.91 Å². The maximum atomic E-state index is 11.0. The minimum Gasteiger partial charge on any atom is -0.497 e. The molecule has 1 aromatic rings. The molecule has 0 heterocycles. The second-order valence-corrected chi connectivity index (χ2v) is 4.77. The molecule has 0 aromatic heterocycles. The van der Waals surface area contributed by atoms with Crippen LogP contribution in [0, 0.1) is 0 Å². The van der Waals surface area contributed by atoms with E-state index >= 15 is 0 Å². The van der Waals surface area contributed by atoms with Gasteiger partial charge in [-0.1, -0.05) is 6.07 Å². The summed E-state index contributed by atoms with van der Waals surface area (Å²) in [5, 5.41) is 0. The summed E-state index contributed by atoms with van der Waals surface area (Å²) in [6.45, 7) is 2.22. The number of primary amides is 1. The first-order valence-corrected chi connectivity index (χ1v) is 6.31. The summed E-state index contributed by atoms with van der Waals surface area (Å²) in [5.74, 6) is 1.06. The van der Waals surface area contributed by atoms with Crippen LogP contribution in [0.2, 0.25) is 0 Å². The third-order valence-electron chi connectivity index (χ3n) is 2.96. The van der Waals surface area contributed by atoms with E-state index in [2.05, 4.69) is 0 Å². The molecule has 1 amide bonds. The maximum Gasteiger partial charge on any atom is 0.237 e. The molecule has 106 valence electrons. The number of methoxy groups -OCH3 is 1. The number of amides is 1. The first-order valence-electron chi connectivity index (χ1n) is 6.31. The minimum atomic E-state index is -0.935. The number of rotatable bonds is 8. The zero-order valence-electron chi connectivity index (χ0n) is 11.5. The molecule has 0 aliphatic heterocycles. The third-order valence-corrected chi connectivity index (χ3v) is 2.96. The van der Waals surface area contributed by atoms with E-state index in [1.807, 2.05) is 24.3 Å². The Hall–Kier alpha value is -1.75. The molecule has 1 unspecified atom stereocenters. The fourth-order valence-corrected chi connectivity index (χ4v) is 1.60. The predicted molar refractivity (Wildman–Crippen MR) is 74.1 cm³/mol. The van der Waals surface area contributed by atoms with Gasteiger partial charge in [0.2, 0.25) is 5.91 Å². The van der Waals surface area contributed by atoms with Crippen molar-refractivity contribution in [2.45, 2.75) is 31.7 Å². The number of ether oxygens (including phenoxy) is 2. The summed E-state index contributed by atoms with van der Waals surface area (Å²) in [6, 6.07) is 7.44. The van der Waals surface area contributed by atoms with Gasteiger partial charge in [-0.3, -0.25) is 4.79 Å². The molecule has 0 aliphatic rings. The molecular weight excluding hydrogens is 244 g/mol. The molecule has 1 rings (SSSR count). The van der Waals surface area contributed by atoms with E-state index < -0.39 is 11.4 Å². The average molecular weight is 266 g/mol. The lowest BCUT2D eigenvalue weighted by atomic mass is 9.96. The average Bonchev–Trinajstić information content (AvgIpc) is 2.38. The van der Waals surface area contributed by atoms with Gasteiger partial charge in [0.25, 0.3) is 0 Å². The van der Waals surface area contributed by atoms with Gasteiger partial charge in [0.15, 0.2) is 0 Å². The van der Waals surface area contributed by atoms with Crippen molar-refractivity contribution in [2.24, 2.45) is 11.5 Å². The summed E-state index contributed by atoms with van der Waals surface area (Å²) >= 11 is 0. The van der Waals surface area contributed by atoms with Crippen molar-refractivity contribution in [3.05, 3.63) is 24.3 Å². The van der Waals surface area contributed by atoms with Gasteiger partial charge in [-0.2, -0.15) is 0 Å². The number of benzene rings is 1. The highest BCUT2D eigenvalue weighted by molar-refractivity contribution is 5.83. The van der Waals surface area contributed by atoms with Crippen LogP contribution in [0.5, 0.6) is 11.5 Å². The Morgan fingerprint density at radius 3 is 2.63 bits per heavy atom. The molecule has 0 spiro atoms. The minimum absolute atomic E-state index is 0.471. The molecule has 0 saturated heterocycles. The van der Waals surface area contributed by atoms with Crippen LogP contribution in [0.4, 0.5) is 0 Å². The number of hydrogen-bond donors (Lipinski definition) is 2. The SMILES string of the molecule is COc1cccc(OCCCCC(C)(N)C(N)=O)c1. The quantitative estimate of drug-likeness (QED) is 0.697. The standard InChI is InChI=1S/C14H22N2O3/c1-14(16,13(15)17)8-3-4-9-19-12-7-5-6-11(10-12)18-2/h5-7,10H,3-4,8-9,16H2,1-2H3,(H2,15,17). The van der Waals surface area contributed by atoms with E-state index in [9.17, 15) is 4.79 Å². The molecule has 0 radical (unpaired) electrons. The normalized spacial score (nSPS) is 13.6. The largest absolute Gasteiger partial charge is 0.497 e. The summed E-state index contributed by atoms with van der Waals surface area (Å²) in [6.07, 6.45) is 2.17. The summed E-state index contributed by atoms with van der Waals surface area (Å²) in [5.41, 5.74) is 10.0. The van der Waals surface area contributed by atoms with Crippen molar-refractivity contribution in [1.29, 1.82) is 0 Å². The van der Waals surface area contributed by atoms with Crippen LogP contribution >= 0.6 is 0 Å². The second kappa shape index (κ2) is 6.99. The maximum absolute atomic E-state index is 11.0. The predicted octanol–water partition coefficient (Wildman–Crippen LogP) is 1.45. The van der Waals surface area contributed by atoms with Crippen LogP contribution in [-0.4, -0.2) is 25.2 Å². The highest BCUT2D eigenvalue weighted by Crippen LogP contribution is 2.19. The molecule has 5 heteroatoms. The van der Waals surface area contributed by atoms with E-state index in [1.165, 1.54) is 0 Å². The van der Waals surface area contributed by atoms with Crippen molar-refractivity contribution in [3.63, 3.8) is 0 Å². The first kappa shape index (κ1) is 15.3. The van der Waals surface area contributed by atoms with Gasteiger partial charge in [-0.05, 0) is 38.3 Å². The Kier molecular flexibility index (Phi) is 5.63. The van der Waals surface area contributed by atoms with Crippen LogP contribution in [0.15, 0.2) is 24.3 Å². The van der Waals surface area contributed by atoms with Crippen LogP contribution in [0.1, 0.15) is 26.2 Å². The van der Waals surface area contributed by atoms with Crippen LogP contribution in [-0.2, 0) is 4.79 Å². The Balaban J connectivity index is 2.26. The zero-order valence-corrected chi connectivity index (χ0v) is 11.5. The van der Waals surface area contributed by atoms with Crippen LogP contribution in [0.3, 0.4) is 0 Å². The molecule has 1 aromatic carbocycles. The number of hydrogen-bond acceptors (Lipinski definition) is 4. The van der Waals surface area contributed by atoms with Crippen LogP contribution in [0.25, 0.3) is 0 Å². The lowest BCUT2D eigenvalue weighted by Gasteiger charge is -2.19. The molecule has 0 aliphatic carbocycles. The van der Waals surface area contributed by atoms with Crippen molar-refractivity contribution in [2.75, 3.05) is 13.7 Å². The van der Waals surface area contributed by atoms with Gasteiger partial charge in [0.1, 0.15) is 11.5 Å². The Morgan fingerprint density at radius 2 is 2.00 bits per heavy atom. The van der Waals surface area contributed by atoms with E-state index in [0.29, 0.717) is 13.0 Å². The Bertz CT molecular complexity index is 419. The zero-order chi connectivity index (χ0) is 14.3. The van der Waals surface area contributed by atoms with Gasteiger partial charge >= 0.3 is 0 Å². The first-order chi connectivity index (χ1) is 8.95. The highest BCUT2D eigenvalue weighted by atomic mass is 16.5. The molecule has 0 saturated carbocycles. The van der Waals surface area contributed by atoms with Gasteiger partial charge < -0.3 is 20.9 Å². The Labute approximate surface area is 113 Å². The van der Waals surface area contributed by atoms with Gasteiger partial charge in [-0.25, -0.2) is 0 Å². The van der Waals surface area contributed by atoms with Gasteiger partial charge in [-0.15, -0.1) is 0 Å². The van der Waals surface area contributed by atoms with E-state index in [4.69, 9.17) is 20.9 Å². The van der Waals surface area contributed by atoms with Crippen molar-refractivity contribution < 1.29 is 14.3 Å². The fraction of sp³-hybridized carbons (Fsp3) is 0.500. The molecule has 0 bridgehead atoms. The van der Waals surface area contributed by atoms with Gasteiger partial charge in [0.05, 0.1) is 19.3 Å². The van der Waals surface area contributed by atoms with E-state index in [0.717, 1.165) is 24.3 Å². The third kappa shape index (κ3) is 5.18. The summed E-state index contributed by atoms with van der Waals surface area (Å²) in [4.78, 5) is 11.0. The van der Waals surface area contributed by atoms with E-state index in [-0.39, 0.29) is 0 Å². The second-order valence-electron chi connectivity index (χ2n) is 4.77. The topological polar surface area (TPSA) is 87.6 Å². The summed E-state index contributed by atoms with van der Waals surface area (Å²) in [7, 11) is 1.62. The number of carbonyl (C=O) groups is 1. The van der Waals surface area contributed by atoms with Gasteiger partial charge in [0, 0.05) is 6.07 Å². The molecular formula is C14H22N2O3. The van der Waals surface area contributed by atoms with E-state index in [1.54, 1.807) is 14.0 Å². The smallest absolute Gasteiger partial charge is 0.237 e. The number of nitrogens with two attached hydrogens (primary N) is 2. The summed E-state index contributed by atoms with van der Waals surface area (Å²) < 4.78 is 10.7. The lowest BCUT2D eigenvalue weighted by Crippen LogP contribution is -2.49. The molecule has 19 heavy (non-hydrogen) atoms. The monoisotopic (exact) mass is 266 g/mol. The highest BCUT2D eigenvalue weighted by Gasteiger charge is 2.24.